The Balaban J connectivity index is 0.000001000. The van der Waals surface area contributed by atoms with Crippen LogP contribution in [0, 0.1) is 5.92 Å². The monoisotopic (exact) mass is 181 g/mol. The molecule has 1 heterocycles. The summed E-state index contributed by atoms with van der Waals surface area (Å²) >= 11 is 0. The molecule has 0 saturated carbocycles. The Bertz CT molecular complexity index is 96.4. The lowest BCUT2D eigenvalue weighted by molar-refractivity contribution is -0.00526. The van der Waals surface area contributed by atoms with Gasteiger partial charge in [0.25, 0.3) is 0 Å². The molecule has 3 nitrogen and oxygen atoms in total. The summed E-state index contributed by atoms with van der Waals surface area (Å²) in [6, 6.07) is 0. The summed E-state index contributed by atoms with van der Waals surface area (Å²) in [5.41, 5.74) is 5.30. The second-order valence-corrected chi connectivity index (χ2v) is 2.78. The fourth-order valence-electron chi connectivity index (χ4n) is 1.26. The Morgan fingerprint density at radius 2 is 2.36 bits per heavy atom. The van der Waals surface area contributed by atoms with E-state index in [1.165, 1.54) is 0 Å². The number of ether oxygens (including phenoxy) is 1. The molecule has 11 heavy (non-hydrogen) atoms. The van der Waals surface area contributed by atoms with Crippen LogP contribution in [0.3, 0.4) is 0 Å². The molecule has 0 aromatic heterocycles. The van der Waals surface area contributed by atoms with Gasteiger partial charge in [0.05, 0.1) is 12.7 Å². The molecular formula is C7H16ClNO2. The second kappa shape index (κ2) is 5.77. The minimum absolute atomic E-state index is 0. The first-order chi connectivity index (χ1) is 4.84. The van der Waals surface area contributed by atoms with Gasteiger partial charge >= 0.3 is 0 Å². The normalized spacial score (nSPS) is 27.3. The molecule has 2 atom stereocenters. The number of hydrogen-bond acceptors (Lipinski definition) is 3. The molecular weight excluding hydrogens is 166 g/mol. The average molecular weight is 182 g/mol. The Labute approximate surface area is 73.3 Å². The summed E-state index contributed by atoms with van der Waals surface area (Å²) in [7, 11) is 0. The van der Waals surface area contributed by atoms with Crippen molar-refractivity contribution in [3.05, 3.63) is 0 Å². The predicted molar refractivity (Wildman–Crippen MR) is 45.9 cm³/mol. The minimum Gasteiger partial charge on any atom is -0.391 e. The maximum Gasteiger partial charge on any atom is 0.0712 e. The first-order valence-corrected chi connectivity index (χ1v) is 3.80. The molecule has 0 aromatic rings. The van der Waals surface area contributed by atoms with Gasteiger partial charge < -0.3 is 15.6 Å². The highest BCUT2D eigenvalue weighted by atomic mass is 35.5. The van der Waals surface area contributed by atoms with Crippen LogP contribution in [-0.2, 0) is 4.74 Å². The van der Waals surface area contributed by atoms with E-state index < -0.39 is 0 Å². The van der Waals surface area contributed by atoms with Gasteiger partial charge in [-0.1, -0.05) is 0 Å². The lowest BCUT2D eigenvalue weighted by Crippen LogP contribution is -2.34. The zero-order valence-corrected chi connectivity index (χ0v) is 7.35. The number of aliphatic hydroxyl groups excluding tert-OH is 1. The molecule has 3 N–H and O–H groups in total. The fourth-order valence-corrected chi connectivity index (χ4v) is 1.26. The molecule has 1 fully saturated rings. The molecule has 1 aliphatic rings. The highest BCUT2D eigenvalue weighted by molar-refractivity contribution is 5.85. The third-order valence-electron chi connectivity index (χ3n) is 1.98. The number of aliphatic hydroxyl groups is 1. The topological polar surface area (TPSA) is 55.5 Å². The van der Waals surface area contributed by atoms with Crippen LogP contribution in [0.2, 0.25) is 0 Å². The van der Waals surface area contributed by atoms with Crippen molar-refractivity contribution in [1.82, 2.24) is 0 Å². The molecule has 0 radical (unpaired) electrons. The first-order valence-electron chi connectivity index (χ1n) is 3.80. The van der Waals surface area contributed by atoms with Crippen molar-refractivity contribution in [3.8, 4) is 0 Å². The smallest absolute Gasteiger partial charge is 0.0712 e. The van der Waals surface area contributed by atoms with E-state index in [2.05, 4.69) is 0 Å². The van der Waals surface area contributed by atoms with Gasteiger partial charge in [0, 0.05) is 19.1 Å². The van der Waals surface area contributed by atoms with Gasteiger partial charge in [0.1, 0.15) is 0 Å². The van der Waals surface area contributed by atoms with Crippen LogP contribution in [0.25, 0.3) is 0 Å². The van der Waals surface area contributed by atoms with Gasteiger partial charge in [-0.05, 0) is 12.8 Å². The quantitative estimate of drug-likeness (QED) is 0.638. The Kier molecular flexibility index (Phi) is 5.86. The Hall–Kier alpha value is 0.170. The third-order valence-corrected chi connectivity index (χ3v) is 1.98. The largest absolute Gasteiger partial charge is 0.391 e. The molecule has 1 saturated heterocycles. The highest BCUT2D eigenvalue weighted by Gasteiger charge is 2.20. The van der Waals surface area contributed by atoms with Crippen LogP contribution < -0.4 is 5.73 Å². The Morgan fingerprint density at radius 3 is 2.82 bits per heavy atom. The van der Waals surface area contributed by atoms with E-state index in [4.69, 9.17) is 10.5 Å². The summed E-state index contributed by atoms with van der Waals surface area (Å²) in [6.07, 6.45) is 1.75. The van der Waals surface area contributed by atoms with Crippen LogP contribution in [0.5, 0.6) is 0 Å². The summed E-state index contributed by atoms with van der Waals surface area (Å²) in [4.78, 5) is 0. The maximum atomic E-state index is 9.28. The lowest BCUT2D eigenvalue weighted by atomic mass is 9.96. The van der Waals surface area contributed by atoms with Gasteiger partial charge in [-0.25, -0.2) is 0 Å². The minimum atomic E-state index is -0.361. The van der Waals surface area contributed by atoms with E-state index >= 15 is 0 Å². The van der Waals surface area contributed by atoms with Gasteiger partial charge in [-0.15, -0.1) is 12.4 Å². The maximum absolute atomic E-state index is 9.28. The second-order valence-electron chi connectivity index (χ2n) is 2.78. The zero-order chi connectivity index (χ0) is 7.40. The van der Waals surface area contributed by atoms with Crippen LogP contribution in [0.1, 0.15) is 12.8 Å². The van der Waals surface area contributed by atoms with Crippen LogP contribution in [0.15, 0.2) is 0 Å². The molecule has 0 bridgehead atoms. The molecule has 0 amide bonds. The van der Waals surface area contributed by atoms with Crippen molar-refractivity contribution in [2.75, 3.05) is 19.8 Å². The van der Waals surface area contributed by atoms with Crippen molar-refractivity contribution in [1.29, 1.82) is 0 Å². The molecule has 1 aliphatic heterocycles. The van der Waals surface area contributed by atoms with E-state index in [9.17, 15) is 5.11 Å². The summed E-state index contributed by atoms with van der Waals surface area (Å²) in [5.74, 6) is 0.277. The van der Waals surface area contributed by atoms with Crippen molar-refractivity contribution >= 4 is 12.4 Å². The van der Waals surface area contributed by atoms with Crippen molar-refractivity contribution in [2.24, 2.45) is 11.7 Å². The van der Waals surface area contributed by atoms with Crippen molar-refractivity contribution < 1.29 is 9.84 Å². The van der Waals surface area contributed by atoms with Gasteiger partial charge in [-0.2, -0.15) is 0 Å². The summed E-state index contributed by atoms with van der Waals surface area (Å²) in [6.45, 7) is 1.88. The van der Waals surface area contributed by atoms with E-state index in [-0.39, 0.29) is 24.4 Å². The average Bonchev–Trinajstić information content (AvgIpc) is 2.05. The van der Waals surface area contributed by atoms with Crippen molar-refractivity contribution in [2.45, 2.75) is 18.9 Å². The summed E-state index contributed by atoms with van der Waals surface area (Å²) < 4.78 is 5.19. The van der Waals surface area contributed by atoms with E-state index in [0.717, 1.165) is 19.4 Å². The van der Waals surface area contributed by atoms with E-state index in [1.54, 1.807) is 0 Å². The molecule has 0 aliphatic carbocycles. The lowest BCUT2D eigenvalue weighted by Gasteiger charge is -2.25. The fraction of sp³-hybridized carbons (Fsp3) is 1.00. The molecule has 4 heteroatoms. The number of rotatable bonds is 2. The number of nitrogens with two attached hydrogens (primary N) is 1. The Morgan fingerprint density at radius 1 is 1.64 bits per heavy atom. The zero-order valence-electron chi connectivity index (χ0n) is 6.53. The van der Waals surface area contributed by atoms with E-state index in [1.807, 2.05) is 0 Å². The molecule has 0 spiro atoms. The number of hydrogen-bond donors (Lipinski definition) is 2. The van der Waals surface area contributed by atoms with Crippen LogP contribution in [0.4, 0.5) is 0 Å². The first kappa shape index (κ1) is 11.2. The van der Waals surface area contributed by atoms with Crippen molar-refractivity contribution in [3.63, 3.8) is 0 Å². The molecule has 0 aromatic carbocycles. The predicted octanol–water partition coefficient (Wildman–Crippen LogP) is 0.154. The standard InChI is InChI=1S/C7H15NO2.ClH/c8-4-7(9)6-2-1-3-10-5-6;/h6-7,9H,1-5,8H2;1H. The summed E-state index contributed by atoms with van der Waals surface area (Å²) in [5, 5.41) is 9.28. The van der Waals surface area contributed by atoms with Crippen LogP contribution >= 0.6 is 12.4 Å². The SMILES string of the molecule is Cl.NCC(O)C1CCCOC1. The molecule has 2 unspecified atom stereocenters. The highest BCUT2D eigenvalue weighted by Crippen LogP contribution is 2.16. The number of halogens is 1. The van der Waals surface area contributed by atoms with Gasteiger partial charge in [0.15, 0.2) is 0 Å². The third kappa shape index (κ3) is 3.38. The van der Waals surface area contributed by atoms with Gasteiger partial charge in [-0.3, -0.25) is 0 Å². The molecule has 1 rings (SSSR count). The van der Waals surface area contributed by atoms with Crippen LogP contribution in [-0.4, -0.2) is 31.0 Å². The molecule has 68 valence electrons. The van der Waals surface area contributed by atoms with Gasteiger partial charge in [0.2, 0.25) is 0 Å². The van der Waals surface area contributed by atoms with E-state index in [0.29, 0.717) is 13.2 Å².